The average molecular weight is 404 g/mol. The third kappa shape index (κ3) is 2.54. The summed E-state index contributed by atoms with van der Waals surface area (Å²) in [5.41, 5.74) is -0.0272. The van der Waals surface area contributed by atoms with E-state index in [0.717, 1.165) is 12.8 Å². The SMILES string of the molecule is CCCCN1C(=O)[C@H]2[C@@H](C1=O)[C@]1(N[C@@H]2CC(C)C)C(=O)Nc2c(Cl)cccc21. The van der Waals surface area contributed by atoms with Crippen LogP contribution in [0.25, 0.3) is 0 Å². The minimum Gasteiger partial charge on any atom is -0.323 e. The Hall–Kier alpha value is -1.92. The second kappa shape index (κ2) is 6.85. The smallest absolute Gasteiger partial charge is 0.250 e. The van der Waals surface area contributed by atoms with Crippen molar-refractivity contribution in [2.45, 2.75) is 51.6 Å². The molecule has 1 aromatic rings. The van der Waals surface area contributed by atoms with E-state index in [1.165, 1.54) is 4.90 Å². The van der Waals surface area contributed by atoms with Crippen LogP contribution in [-0.4, -0.2) is 35.2 Å². The van der Waals surface area contributed by atoms with Crippen molar-refractivity contribution in [3.05, 3.63) is 28.8 Å². The molecular formula is C21H26ClN3O3. The maximum Gasteiger partial charge on any atom is 0.250 e. The zero-order valence-corrected chi connectivity index (χ0v) is 17.2. The molecule has 6 nitrogen and oxygen atoms in total. The van der Waals surface area contributed by atoms with Crippen LogP contribution in [0.1, 0.15) is 45.6 Å². The molecule has 7 heteroatoms. The molecule has 0 unspecified atom stereocenters. The Balaban J connectivity index is 1.84. The summed E-state index contributed by atoms with van der Waals surface area (Å²) in [5.74, 6) is -1.63. The van der Waals surface area contributed by atoms with E-state index in [9.17, 15) is 14.4 Å². The lowest BCUT2D eigenvalue weighted by atomic mass is 9.76. The summed E-state index contributed by atoms with van der Waals surface area (Å²) < 4.78 is 0. The van der Waals surface area contributed by atoms with Crippen molar-refractivity contribution in [1.29, 1.82) is 0 Å². The van der Waals surface area contributed by atoms with Gasteiger partial charge < -0.3 is 5.32 Å². The van der Waals surface area contributed by atoms with Crippen LogP contribution in [0.2, 0.25) is 5.02 Å². The van der Waals surface area contributed by atoms with Gasteiger partial charge in [0.1, 0.15) is 5.54 Å². The normalized spacial score (nSPS) is 31.1. The number of anilines is 1. The predicted molar refractivity (Wildman–Crippen MR) is 107 cm³/mol. The zero-order valence-electron chi connectivity index (χ0n) is 16.4. The van der Waals surface area contributed by atoms with Crippen molar-refractivity contribution in [2.24, 2.45) is 17.8 Å². The highest BCUT2D eigenvalue weighted by molar-refractivity contribution is 6.35. The molecule has 4 rings (SSSR count). The van der Waals surface area contributed by atoms with Gasteiger partial charge in [0, 0.05) is 18.2 Å². The van der Waals surface area contributed by atoms with E-state index >= 15 is 0 Å². The van der Waals surface area contributed by atoms with Crippen molar-refractivity contribution in [3.63, 3.8) is 0 Å². The van der Waals surface area contributed by atoms with Crippen LogP contribution in [0.4, 0.5) is 5.69 Å². The molecule has 28 heavy (non-hydrogen) atoms. The molecule has 1 aromatic carbocycles. The highest BCUT2D eigenvalue weighted by Gasteiger charge is 2.70. The van der Waals surface area contributed by atoms with E-state index in [0.29, 0.717) is 35.2 Å². The van der Waals surface area contributed by atoms with Gasteiger partial charge in [0.2, 0.25) is 17.7 Å². The highest BCUT2D eigenvalue weighted by atomic mass is 35.5. The van der Waals surface area contributed by atoms with E-state index in [1.807, 2.05) is 13.0 Å². The second-order valence-corrected chi connectivity index (χ2v) is 8.90. The molecule has 0 aromatic heterocycles. The molecule has 4 atom stereocenters. The van der Waals surface area contributed by atoms with Crippen molar-refractivity contribution in [1.82, 2.24) is 10.2 Å². The van der Waals surface area contributed by atoms with Crippen LogP contribution in [0.15, 0.2) is 18.2 Å². The number of halogens is 1. The van der Waals surface area contributed by atoms with Gasteiger partial charge in [0.05, 0.1) is 22.5 Å². The second-order valence-electron chi connectivity index (χ2n) is 8.49. The van der Waals surface area contributed by atoms with E-state index in [1.54, 1.807) is 12.1 Å². The van der Waals surface area contributed by atoms with Crippen LogP contribution in [0, 0.1) is 17.8 Å². The number of benzene rings is 1. The third-order valence-corrected chi connectivity index (χ3v) is 6.57. The molecule has 0 radical (unpaired) electrons. The largest absolute Gasteiger partial charge is 0.323 e. The van der Waals surface area contributed by atoms with Gasteiger partial charge in [0.25, 0.3) is 0 Å². The summed E-state index contributed by atoms with van der Waals surface area (Å²) in [6.07, 6.45) is 2.37. The summed E-state index contributed by atoms with van der Waals surface area (Å²) in [6, 6.07) is 5.09. The highest BCUT2D eigenvalue weighted by Crippen LogP contribution is 2.54. The number of para-hydroxylation sites is 1. The van der Waals surface area contributed by atoms with Gasteiger partial charge in [-0.15, -0.1) is 0 Å². The summed E-state index contributed by atoms with van der Waals surface area (Å²) in [7, 11) is 0. The van der Waals surface area contributed by atoms with Crippen molar-refractivity contribution >= 4 is 35.0 Å². The van der Waals surface area contributed by atoms with Crippen molar-refractivity contribution in [2.75, 3.05) is 11.9 Å². The first-order chi connectivity index (χ1) is 13.3. The van der Waals surface area contributed by atoms with Crippen LogP contribution < -0.4 is 10.6 Å². The molecule has 2 N–H and O–H groups in total. The minimum absolute atomic E-state index is 0.151. The standard InChI is InChI=1S/C21H26ClN3O3/c1-4-5-9-25-18(26)15-14(10-11(2)3)24-21(16(15)19(25)27)12-7-6-8-13(22)17(12)23-20(21)28/h6-8,11,14-16,24H,4-5,9-10H2,1-3H3,(H,23,28)/t14-,15-,16+,21+/m1/s1. The van der Waals surface area contributed by atoms with Crippen LogP contribution in [0.5, 0.6) is 0 Å². The van der Waals surface area contributed by atoms with Crippen molar-refractivity contribution < 1.29 is 14.4 Å². The van der Waals surface area contributed by atoms with E-state index < -0.39 is 17.4 Å². The Morgan fingerprint density at radius 2 is 1.96 bits per heavy atom. The van der Waals surface area contributed by atoms with Gasteiger partial charge in [-0.2, -0.15) is 0 Å². The van der Waals surface area contributed by atoms with Gasteiger partial charge in [-0.25, -0.2) is 0 Å². The average Bonchev–Trinajstić information content (AvgIpc) is 3.20. The molecule has 3 amide bonds. The first kappa shape index (κ1) is 19.4. The molecule has 2 fully saturated rings. The molecule has 0 bridgehead atoms. The first-order valence-electron chi connectivity index (χ1n) is 10.1. The summed E-state index contributed by atoms with van der Waals surface area (Å²) in [5, 5.41) is 6.73. The number of carbonyl (C=O) groups is 3. The molecule has 1 spiro atoms. The number of unbranched alkanes of at least 4 members (excludes halogenated alkanes) is 1. The Bertz CT molecular complexity index is 855. The number of nitrogens with one attached hydrogen (secondary N) is 2. The van der Waals surface area contributed by atoms with Crippen LogP contribution >= 0.6 is 11.6 Å². The predicted octanol–water partition coefficient (Wildman–Crippen LogP) is 2.91. The van der Waals surface area contributed by atoms with Gasteiger partial charge in [-0.05, 0) is 24.8 Å². The van der Waals surface area contributed by atoms with E-state index in [-0.39, 0.29) is 23.8 Å². The summed E-state index contributed by atoms with van der Waals surface area (Å²) >= 11 is 6.32. The molecule has 3 aliphatic rings. The lowest BCUT2D eigenvalue weighted by molar-refractivity contribution is -0.142. The van der Waals surface area contributed by atoms with Gasteiger partial charge in [-0.1, -0.05) is 50.9 Å². The fourth-order valence-corrected chi connectivity index (χ4v) is 5.32. The topological polar surface area (TPSA) is 78.5 Å². The summed E-state index contributed by atoms with van der Waals surface area (Å²) in [6.45, 7) is 6.60. The molecule has 0 aliphatic carbocycles. The molecule has 2 saturated heterocycles. The Morgan fingerprint density at radius 1 is 1.21 bits per heavy atom. The lowest BCUT2D eigenvalue weighted by Gasteiger charge is -2.29. The fraction of sp³-hybridized carbons (Fsp3) is 0.571. The monoisotopic (exact) mass is 403 g/mol. The maximum atomic E-state index is 13.4. The Morgan fingerprint density at radius 3 is 2.64 bits per heavy atom. The number of nitrogens with zero attached hydrogens (tertiary/aromatic N) is 1. The molecular weight excluding hydrogens is 378 g/mol. The minimum atomic E-state index is -1.24. The Labute approximate surface area is 170 Å². The number of amides is 3. The number of imide groups is 1. The number of likely N-dealkylation sites (tertiary alicyclic amines) is 1. The number of hydrogen-bond acceptors (Lipinski definition) is 4. The molecule has 3 heterocycles. The third-order valence-electron chi connectivity index (χ3n) is 6.25. The Kier molecular flexibility index (Phi) is 4.74. The van der Waals surface area contributed by atoms with E-state index in [2.05, 4.69) is 24.5 Å². The molecule has 0 saturated carbocycles. The van der Waals surface area contributed by atoms with Gasteiger partial charge in [0.15, 0.2) is 0 Å². The zero-order chi connectivity index (χ0) is 20.2. The number of carbonyl (C=O) groups excluding carboxylic acids is 3. The van der Waals surface area contributed by atoms with Crippen LogP contribution in [0.3, 0.4) is 0 Å². The number of hydrogen-bond donors (Lipinski definition) is 2. The first-order valence-corrected chi connectivity index (χ1v) is 10.4. The maximum absolute atomic E-state index is 13.4. The number of fused-ring (bicyclic) bond motifs is 4. The fourth-order valence-electron chi connectivity index (χ4n) is 5.10. The quantitative estimate of drug-likeness (QED) is 0.741. The van der Waals surface area contributed by atoms with E-state index in [4.69, 9.17) is 11.6 Å². The van der Waals surface area contributed by atoms with Gasteiger partial charge >= 0.3 is 0 Å². The molecule has 3 aliphatic heterocycles. The lowest BCUT2D eigenvalue weighted by Crippen LogP contribution is -2.53. The molecule has 150 valence electrons. The van der Waals surface area contributed by atoms with Gasteiger partial charge in [-0.3, -0.25) is 24.6 Å². The van der Waals surface area contributed by atoms with Crippen LogP contribution in [-0.2, 0) is 19.9 Å². The summed E-state index contributed by atoms with van der Waals surface area (Å²) in [4.78, 5) is 41.2. The number of rotatable bonds is 5. The van der Waals surface area contributed by atoms with Crippen molar-refractivity contribution in [3.8, 4) is 0 Å².